The second-order valence-corrected chi connectivity index (χ2v) is 4.21. The molecule has 1 saturated carbocycles. The Hall–Kier alpha value is -0.520. The van der Waals surface area contributed by atoms with Crippen LogP contribution >= 0.6 is 0 Å². The van der Waals surface area contributed by atoms with Crippen molar-refractivity contribution in [2.24, 2.45) is 23.7 Å². The molecule has 4 unspecified atom stereocenters. The Labute approximate surface area is 75.4 Å². The van der Waals surface area contributed by atoms with Crippen LogP contribution in [-0.2, 0) is 0 Å². The van der Waals surface area contributed by atoms with Gasteiger partial charge in [0.1, 0.15) is 0 Å². The summed E-state index contributed by atoms with van der Waals surface area (Å²) in [4.78, 5) is 0. The molecule has 2 aliphatic rings. The van der Waals surface area contributed by atoms with Crippen molar-refractivity contribution in [1.29, 1.82) is 0 Å². The molecule has 1 fully saturated rings. The summed E-state index contributed by atoms with van der Waals surface area (Å²) < 4.78 is 0. The van der Waals surface area contributed by atoms with Gasteiger partial charge in [0.05, 0.1) is 0 Å². The van der Waals surface area contributed by atoms with E-state index in [2.05, 4.69) is 31.7 Å². The van der Waals surface area contributed by atoms with E-state index in [1.807, 2.05) is 0 Å². The van der Waals surface area contributed by atoms with Crippen LogP contribution in [0.25, 0.3) is 0 Å². The average Bonchev–Trinajstić information content (AvgIpc) is 2.64. The molecule has 0 aromatic heterocycles. The third-order valence-electron chi connectivity index (χ3n) is 3.71. The van der Waals surface area contributed by atoms with Crippen molar-refractivity contribution >= 4 is 0 Å². The van der Waals surface area contributed by atoms with Crippen LogP contribution in [0.1, 0.15) is 26.2 Å². The standard InChI is InChI=1S/C12H18/c1-3-5-12-10-7-6-9(8-10)11(12)4-2/h3,6-7,9-12H,1,4-5,8H2,2H3. The van der Waals surface area contributed by atoms with Crippen LogP contribution in [0.5, 0.6) is 0 Å². The molecule has 0 heteroatoms. The second kappa shape index (κ2) is 3.08. The van der Waals surface area contributed by atoms with Crippen molar-refractivity contribution in [2.45, 2.75) is 26.2 Å². The average molecular weight is 162 g/mol. The third kappa shape index (κ3) is 1.05. The fraction of sp³-hybridized carbons (Fsp3) is 0.667. The van der Waals surface area contributed by atoms with Gasteiger partial charge in [-0.1, -0.05) is 31.6 Å². The number of fused-ring (bicyclic) bond motifs is 2. The van der Waals surface area contributed by atoms with E-state index < -0.39 is 0 Å². The maximum absolute atomic E-state index is 3.85. The molecule has 0 aliphatic heterocycles. The summed E-state index contributed by atoms with van der Waals surface area (Å²) in [6.07, 6.45) is 11.0. The van der Waals surface area contributed by atoms with Gasteiger partial charge in [-0.05, 0) is 36.5 Å². The van der Waals surface area contributed by atoms with Crippen LogP contribution in [-0.4, -0.2) is 0 Å². The lowest BCUT2D eigenvalue weighted by atomic mass is 9.79. The van der Waals surface area contributed by atoms with Gasteiger partial charge in [-0.15, -0.1) is 6.58 Å². The van der Waals surface area contributed by atoms with E-state index in [0.717, 1.165) is 23.7 Å². The number of rotatable bonds is 3. The number of hydrogen-bond donors (Lipinski definition) is 0. The van der Waals surface area contributed by atoms with Crippen molar-refractivity contribution in [3.05, 3.63) is 24.8 Å². The van der Waals surface area contributed by atoms with Gasteiger partial charge in [-0.25, -0.2) is 0 Å². The van der Waals surface area contributed by atoms with Crippen LogP contribution in [0.15, 0.2) is 24.8 Å². The summed E-state index contributed by atoms with van der Waals surface area (Å²) in [7, 11) is 0. The van der Waals surface area contributed by atoms with Gasteiger partial charge >= 0.3 is 0 Å². The maximum Gasteiger partial charge on any atom is -0.0194 e. The highest BCUT2D eigenvalue weighted by atomic mass is 14.5. The minimum atomic E-state index is 0.887. The maximum atomic E-state index is 3.85. The van der Waals surface area contributed by atoms with Crippen molar-refractivity contribution in [2.75, 3.05) is 0 Å². The van der Waals surface area contributed by atoms with Crippen LogP contribution in [0, 0.1) is 23.7 Å². The van der Waals surface area contributed by atoms with Crippen LogP contribution in [0.2, 0.25) is 0 Å². The molecule has 2 bridgehead atoms. The molecule has 0 spiro atoms. The lowest BCUT2D eigenvalue weighted by molar-refractivity contribution is 0.303. The van der Waals surface area contributed by atoms with E-state index in [1.165, 1.54) is 19.3 Å². The quantitative estimate of drug-likeness (QED) is 0.558. The molecule has 12 heavy (non-hydrogen) atoms. The van der Waals surface area contributed by atoms with Crippen molar-refractivity contribution in [3.8, 4) is 0 Å². The van der Waals surface area contributed by atoms with Gasteiger partial charge in [0, 0.05) is 0 Å². The summed E-state index contributed by atoms with van der Waals surface area (Å²) in [5.41, 5.74) is 0. The molecular formula is C12H18. The highest BCUT2D eigenvalue weighted by Crippen LogP contribution is 2.50. The number of allylic oxidation sites excluding steroid dienone is 3. The van der Waals surface area contributed by atoms with Gasteiger partial charge in [0.2, 0.25) is 0 Å². The first-order valence-corrected chi connectivity index (χ1v) is 5.16. The minimum absolute atomic E-state index is 0.887. The molecule has 2 rings (SSSR count). The van der Waals surface area contributed by atoms with E-state index in [0.29, 0.717) is 0 Å². The first-order valence-electron chi connectivity index (χ1n) is 5.16. The molecule has 0 N–H and O–H groups in total. The minimum Gasteiger partial charge on any atom is -0.103 e. The molecule has 0 saturated heterocycles. The van der Waals surface area contributed by atoms with Gasteiger partial charge in [0.25, 0.3) is 0 Å². The zero-order chi connectivity index (χ0) is 8.55. The van der Waals surface area contributed by atoms with E-state index in [9.17, 15) is 0 Å². The van der Waals surface area contributed by atoms with Crippen LogP contribution in [0.4, 0.5) is 0 Å². The summed E-state index contributed by atoms with van der Waals surface area (Å²) in [6.45, 7) is 6.18. The molecule has 4 atom stereocenters. The van der Waals surface area contributed by atoms with E-state index in [1.54, 1.807) is 0 Å². The largest absolute Gasteiger partial charge is 0.103 e. The smallest absolute Gasteiger partial charge is 0.0194 e. The van der Waals surface area contributed by atoms with Crippen molar-refractivity contribution in [1.82, 2.24) is 0 Å². The van der Waals surface area contributed by atoms with E-state index in [4.69, 9.17) is 0 Å². The van der Waals surface area contributed by atoms with Gasteiger partial charge in [-0.2, -0.15) is 0 Å². The zero-order valence-corrected chi connectivity index (χ0v) is 7.87. The zero-order valence-electron chi connectivity index (χ0n) is 7.87. The Morgan fingerprint density at radius 3 is 2.58 bits per heavy atom. The SMILES string of the molecule is C=CCC1C2C=CC(C2)C1CC. The van der Waals surface area contributed by atoms with Crippen molar-refractivity contribution in [3.63, 3.8) is 0 Å². The van der Waals surface area contributed by atoms with Crippen LogP contribution in [0.3, 0.4) is 0 Å². The van der Waals surface area contributed by atoms with Gasteiger partial charge in [-0.3, -0.25) is 0 Å². The normalized spacial score (nSPS) is 43.8. The first kappa shape index (κ1) is 8.10. The Morgan fingerprint density at radius 1 is 1.33 bits per heavy atom. The summed E-state index contributed by atoms with van der Waals surface area (Å²) >= 11 is 0. The summed E-state index contributed by atoms with van der Waals surface area (Å²) in [6, 6.07) is 0. The highest BCUT2D eigenvalue weighted by molar-refractivity contribution is 5.13. The van der Waals surface area contributed by atoms with Crippen molar-refractivity contribution < 1.29 is 0 Å². The third-order valence-corrected chi connectivity index (χ3v) is 3.71. The Bertz CT molecular complexity index is 202. The van der Waals surface area contributed by atoms with Gasteiger partial charge in [0.15, 0.2) is 0 Å². The molecule has 2 aliphatic carbocycles. The first-order chi connectivity index (χ1) is 5.86. The Kier molecular flexibility index (Phi) is 2.08. The molecule has 0 nitrogen and oxygen atoms in total. The van der Waals surface area contributed by atoms with E-state index in [-0.39, 0.29) is 0 Å². The van der Waals surface area contributed by atoms with Crippen LogP contribution < -0.4 is 0 Å². The predicted molar refractivity (Wildman–Crippen MR) is 52.8 cm³/mol. The molecule has 0 aromatic carbocycles. The Balaban J connectivity index is 2.11. The predicted octanol–water partition coefficient (Wildman–Crippen LogP) is 3.41. The number of hydrogen-bond acceptors (Lipinski definition) is 0. The Morgan fingerprint density at radius 2 is 2.00 bits per heavy atom. The highest BCUT2D eigenvalue weighted by Gasteiger charge is 2.42. The second-order valence-electron chi connectivity index (χ2n) is 4.21. The molecule has 0 radical (unpaired) electrons. The fourth-order valence-electron chi connectivity index (χ4n) is 3.17. The lowest BCUT2D eigenvalue weighted by Crippen LogP contribution is -2.17. The lowest BCUT2D eigenvalue weighted by Gasteiger charge is -2.25. The summed E-state index contributed by atoms with van der Waals surface area (Å²) in [5, 5.41) is 0. The van der Waals surface area contributed by atoms with Gasteiger partial charge < -0.3 is 0 Å². The molecule has 0 amide bonds. The fourth-order valence-corrected chi connectivity index (χ4v) is 3.17. The molecule has 66 valence electrons. The molecular weight excluding hydrogens is 144 g/mol. The van der Waals surface area contributed by atoms with E-state index >= 15 is 0 Å². The topological polar surface area (TPSA) is 0 Å². The molecule has 0 aromatic rings. The molecule has 0 heterocycles. The monoisotopic (exact) mass is 162 g/mol. The summed E-state index contributed by atoms with van der Waals surface area (Å²) in [5.74, 6) is 3.67.